The minimum atomic E-state index is -0.298. The first-order valence-electron chi connectivity index (χ1n) is 6.81. The predicted octanol–water partition coefficient (Wildman–Crippen LogP) is 3.64. The second kappa shape index (κ2) is 7.79. The highest BCUT2D eigenvalue weighted by molar-refractivity contribution is 6.18. The van der Waals surface area contributed by atoms with Crippen LogP contribution in [0.3, 0.4) is 0 Å². The van der Waals surface area contributed by atoms with Gasteiger partial charge in [-0.1, -0.05) is 42.5 Å². The minimum absolute atomic E-state index is 0.00823. The number of amides is 1. The molecule has 0 saturated heterocycles. The van der Waals surface area contributed by atoms with E-state index in [1.54, 1.807) is 17.0 Å². The number of hydrogen-bond acceptors (Lipinski definition) is 1. The molecule has 0 N–H and O–H groups in total. The molecular weight excluding hydrogens is 289 g/mol. The van der Waals surface area contributed by atoms with Crippen molar-refractivity contribution in [2.45, 2.75) is 13.0 Å². The van der Waals surface area contributed by atoms with Gasteiger partial charge in [-0.25, -0.2) is 4.39 Å². The van der Waals surface area contributed by atoms with Crippen molar-refractivity contribution in [3.63, 3.8) is 0 Å². The number of halogens is 2. The van der Waals surface area contributed by atoms with Crippen molar-refractivity contribution in [2.75, 3.05) is 12.4 Å². The molecule has 21 heavy (non-hydrogen) atoms. The summed E-state index contributed by atoms with van der Waals surface area (Å²) in [4.78, 5) is 14.1. The van der Waals surface area contributed by atoms with Crippen molar-refractivity contribution in [1.29, 1.82) is 0 Å². The Hall–Kier alpha value is -1.87. The number of hydrogen-bond donors (Lipinski definition) is 0. The highest BCUT2D eigenvalue weighted by atomic mass is 35.5. The fourth-order valence-electron chi connectivity index (χ4n) is 2.09. The van der Waals surface area contributed by atoms with Crippen molar-refractivity contribution < 1.29 is 9.18 Å². The van der Waals surface area contributed by atoms with Gasteiger partial charge in [0.15, 0.2) is 0 Å². The van der Waals surface area contributed by atoms with E-state index in [0.29, 0.717) is 19.0 Å². The normalized spacial score (nSPS) is 10.4. The average Bonchev–Trinajstić information content (AvgIpc) is 2.50. The quantitative estimate of drug-likeness (QED) is 0.746. The molecule has 0 aliphatic carbocycles. The van der Waals surface area contributed by atoms with E-state index >= 15 is 0 Å². The fraction of sp³-hybridized carbons (Fsp3) is 0.235. The van der Waals surface area contributed by atoms with Gasteiger partial charge in [0, 0.05) is 19.0 Å². The molecule has 1 amide bonds. The third-order valence-electron chi connectivity index (χ3n) is 3.19. The highest BCUT2D eigenvalue weighted by Crippen LogP contribution is 2.09. The third kappa shape index (κ3) is 4.87. The van der Waals surface area contributed by atoms with Crippen molar-refractivity contribution in [3.8, 4) is 0 Å². The molecular formula is C17H17ClFNO. The Kier molecular flexibility index (Phi) is 5.76. The van der Waals surface area contributed by atoms with Gasteiger partial charge in [0.25, 0.3) is 0 Å². The lowest BCUT2D eigenvalue weighted by atomic mass is 10.1. The summed E-state index contributed by atoms with van der Waals surface area (Å²) in [5.41, 5.74) is 1.86. The van der Waals surface area contributed by atoms with Crippen molar-refractivity contribution >= 4 is 17.5 Å². The van der Waals surface area contributed by atoms with E-state index < -0.39 is 0 Å². The highest BCUT2D eigenvalue weighted by Gasteiger charge is 2.14. The zero-order valence-electron chi connectivity index (χ0n) is 11.6. The Morgan fingerprint density at radius 1 is 1.00 bits per heavy atom. The Balaban J connectivity index is 2.03. The molecule has 0 atom stereocenters. The van der Waals surface area contributed by atoms with Gasteiger partial charge in [-0.15, -0.1) is 11.6 Å². The molecule has 2 aromatic rings. The van der Waals surface area contributed by atoms with Crippen LogP contribution in [-0.2, 0) is 17.8 Å². The summed E-state index contributed by atoms with van der Waals surface area (Å²) >= 11 is 5.79. The molecule has 0 fully saturated rings. The Morgan fingerprint density at radius 2 is 1.67 bits per heavy atom. The lowest BCUT2D eigenvalue weighted by Gasteiger charge is -2.22. The molecule has 2 aromatic carbocycles. The standard InChI is InChI=1S/C17H17ClFNO/c18-10-11-20(13-15-4-2-1-3-5-15)17(21)12-14-6-8-16(19)9-7-14/h1-9H,10-13H2. The summed E-state index contributed by atoms with van der Waals surface area (Å²) in [5, 5.41) is 0. The SMILES string of the molecule is O=C(Cc1ccc(F)cc1)N(CCCl)Cc1ccccc1. The number of rotatable bonds is 6. The lowest BCUT2D eigenvalue weighted by molar-refractivity contribution is -0.130. The van der Waals surface area contributed by atoms with Gasteiger partial charge in [-0.05, 0) is 23.3 Å². The maximum Gasteiger partial charge on any atom is 0.227 e. The number of carbonyl (C=O) groups is 1. The molecule has 0 aliphatic heterocycles. The minimum Gasteiger partial charge on any atom is -0.337 e. The number of alkyl halides is 1. The van der Waals surface area contributed by atoms with Crippen LogP contribution in [0.2, 0.25) is 0 Å². The van der Waals surface area contributed by atoms with Crippen LogP contribution in [0, 0.1) is 5.82 Å². The Morgan fingerprint density at radius 3 is 2.29 bits per heavy atom. The van der Waals surface area contributed by atoms with Crippen LogP contribution in [0.25, 0.3) is 0 Å². The maximum absolute atomic E-state index is 12.9. The average molecular weight is 306 g/mol. The predicted molar refractivity (Wildman–Crippen MR) is 82.7 cm³/mol. The molecule has 0 spiro atoms. The van der Waals surface area contributed by atoms with Gasteiger partial charge in [0.1, 0.15) is 5.82 Å². The van der Waals surface area contributed by atoms with Gasteiger partial charge in [0.2, 0.25) is 5.91 Å². The van der Waals surface area contributed by atoms with Crippen LogP contribution in [0.4, 0.5) is 4.39 Å². The third-order valence-corrected chi connectivity index (χ3v) is 3.36. The van der Waals surface area contributed by atoms with Crippen molar-refractivity contribution in [2.24, 2.45) is 0 Å². The molecule has 0 bridgehead atoms. The summed E-state index contributed by atoms with van der Waals surface area (Å²) in [6, 6.07) is 15.8. The Labute approximate surface area is 129 Å². The largest absolute Gasteiger partial charge is 0.337 e. The summed E-state index contributed by atoms with van der Waals surface area (Å²) in [5.74, 6) is 0.0846. The molecule has 0 unspecified atom stereocenters. The first kappa shape index (κ1) is 15.5. The molecule has 110 valence electrons. The molecule has 2 nitrogen and oxygen atoms in total. The van der Waals surface area contributed by atoms with Crippen LogP contribution < -0.4 is 0 Å². The van der Waals surface area contributed by atoms with Crippen LogP contribution >= 0.6 is 11.6 Å². The maximum atomic E-state index is 12.9. The summed E-state index contributed by atoms with van der Waals surface area (Å²) in [6.45, 7) is 1.03. The topological polar surface area (TPSA) is 20.3 Å². The van der Waals surface area contributed by atoms with Crippen molar-refractivity contribution in [1.82, 2.24) is 4.90 Å². The fourth-order valence-corrected chi connectivity index (χ4v) is 2.29. The first-order valence-corrected chi connectivity index (χ1v) is 7.34. The van der Waals surface area contributed by atoms with E-state index in [1.165, 1.54) is 12.1 Å². The van der Waals surface area contributed by atoms with Gasteiger partial charge < -0.3 is 4.90 Å². The molecule has 0 heterocycles. The first-order chi connectivity index (χ1) is 10.2. The zero-order valence-corrected chi connectivity index (χ0v) is 12.4. The zero-order chi connectivity index (χ0) is 15.1. The van der Waals surface area contributed by atoms with Crippen molar-refractivity contribution in [3.05, 3.63) is 71.5 Å². The Bertz CT molecular complexity index is 571. The monoisotopic (exact) mass is 305 g/mol. The van der Waals surface area contributed by atoms with Gasteiger partial charge in [-0.3, -0.25) is 4.79 Å². The van der Waals surface area contributed by atoms with Gasteiger partial charge in [0.05, 0.1) is 6.42 Å². The van der Waals surface area contributed by atoms with E-state index in [0.717, 1.165) is 11.1 Å². The molecule has 0 radical (unpaired) electrons. The molecule has 4 heteroatoms. The van der Waals surface area contributed by atoms with Crippen LogP contribution in [0.15, 0.2) is 54.6 Å². The summed E-state index contributed by atoms with van der Waals surface area (Å²) in [7, 11) is 0. The summed E-state index contributed by atoms with van der Waals surface area (Å²) in [6.07, 6.45) is 0.254. The summed E-state index contributed by atoms with van der Waals surface area (Å²) < 4.78 is 12.9. The smallest absolute Gasteiger partial charge is 0.227 e. The molecule has 0 aromatic heterocycles. The van der Waals surface area contributed by atoms with Gasteiger partial charge >= 0.3 is 0 Å². The second-order valence-corrected chi connectivity index (χ2v) is 5.17. The number of nitrogens with zero attached hydrogens (tertiary/aromatic N) is 1. The van der Waals surface area contributed by atoms with E-state index in [9.17, 15) is 9.18 Å². The van der Waals surface area contributed by atoms with Crippen LogP contribution in [0.5, 0.6) is 0 Å². The molecule has 0 saturated carbocycles. The molecule has 0 aliphatic rings. The van der Waals surface area contributed by atoms with E-state index in [4.69, 9.17) is 11.6 Å². The number of carbonyl (C=O) groups excluding carboxylic acids is 1. The number of benzene rings is 2. The molecule has 2 rings (SSSR count). The van der Waals surface area contributed by atoms with Crippen LogP contribution in [-0.4, -0.2) is 23.2 Å². The second-order valence-electron chi connectivity index (χ2n) is 4.79. The van der Waals surface area contributed by atoms with Crippen LogP contribution in [0.1, 0.15) is 11.1 Å². The van der Waals surface area contributed by atoms with E-state index in [-0.39, 0.29) is 18.1 Å². The van der Waals surface area contributed by atoms with Gasteiger partial charge in [-0.2, -0.15) is 0 Å². The lowest BCUT2D eigenvalue weighted by Crippen LogP contribution is -2.33. The van der Waals surface area contributed by atoms with E-state index in [2.05, 4.69) is 0 Å². The van der Waals surface area contributed by atoms with E-state index in [1.807, 2.05) is 30.3 Å².